The normalized spacial score (nSPS) is 11.8. The highest BCUT2D eigenvalue weighted by Gasteiger charge is 2.20. The first-order valence-electron chi connectivity index (χ1n) is 5.30. The molecule has 2 amide bonds. The first-order valence-corrected chi connectivity index (χ1v) is 6.25. The molecule has 0 saturated carbocycles. The molecule has 0 unspecified atom stereocenters. The number of rotatable bonds is 7. The van der Waals surface area contributed by atoms with Gasteiger partial charge in [-0.15, -0.1) is 0 Å². The Labute approximate surface area is 108 Å². The number of primary amides is 1. The third-order valence-corrected chi connectivity index (χ3v) is 2.99. The average molecular weight is 270 g/mol. The van der Waals surface area contributed by atoms with Crippen molar-refractivity contribution in [2.45, 2.75) is 25.3 Å². The Kier molecular flexibility index (Phi) is 5.31. The van der Waals surface area contributed by atoms with Gasteiger partial charge in [-0.2, -0.15) is 11.3 Å². The minimum atomic E-state index is -1.17. The maximum absolute atomic E-state index is 11.6. The number of carbonyl (C=O) groups excluding carboxylic acids is 2. The lowest BCUT2D eigenvalue weighted by atomic mass is 10.1. The molecule has 1 heterocycles. The summed E-state index contributed by atoms with van der Waals surface area (Å²) in [6, 6.07) is 0.715. The van der Waals surface area contributed by atoms with E-state index in [-0.39, 0.29) is 25.2 Å². The molecule has 1 rings (SSSR count). The van der Waals surface area contributed by atoms with Gasteiger partial charge in [0.2, 0.25) is 11.8 Å². The standard InChI is InChI=1S/C11H14N2O4S/c12-9(14)2-1-8(11(16)17)13-10(15)5-7-3-4-18-6-7/h3-4,6,8H,1-2,5H2,(H2,12,14)(H,13,15)(H,16,17)/t8-/m1/s1. The third-order valence-electron chi connectivity index (χ3n) is 2.26. The van der Waals surface area contributed by atoms with E-state index in [4.69, 9.17) is 10.8 Å². The second kappa shape index (κ2) is 6.75. The molecule has 6 nitrogen and oxygen atoms in total. The van der Waals surface area contributed by atoms with E-state index in [2.05, 4.69) is 5.32 Å². The Balaban J connectivity index is 2.47. The molecule has 0 radical (unpaired) electrons. The van der Waals surface area contributed by atoms with Crippen LogP contribution in [0.1, 0.15) is 18.4 Å². The molecule has 0 bridgehead atoms. The molecular formula is C11H14N2O4S. The highest BCUT2D eigenvalue weighted by Crippen LogP contribution is 2.07. The monoisotopic (exact) mass is 270 g/mol. The molecule has 0 spiro atoms. The van der Waals surface area contributed by atoms with Crippen molar-refractivity contribution in [2.24, 2.45) is 5.73 Å². The van der Waals surface area contributed by atoms with E-state index < -0.39 is 17.9 Å². The number of nitrogens with one attached hydrogen (secondary N) is 1. The Morgan fingerprint density at radius 3 is 2.67 bits per heavy atom. The topological polar surface area (TPSA) is 109 Å². The van der Waals surface area contributed by atoms with Gasteiger partial charge in [0, 0.05) is 6.42 Å². The van der Waals surface area contributed by atoms with E-state index in [1.54, 1.807) is 6.07 Å². The van der Waals surface area contributed by atoms with E-state index in [1.165, 1.54) is 11.3 Å². The summed E-state index contributed by atoms with van der Waals surface area (Å²) in [5.74, 6) is -2.14. The zero-order valence-corrected chi connectivity index (χ0v) is 10.4. The van der Waals surface area contributed by atoms with Gasteiger partial charge in [0.25, 0.3) is 0 Å². The number of hydrogen-bond acceptors (Lipinski definition) is 4. The maximum atomic E-state index is 11.6. The molecule has 0 aromatic carbocycles. The van der Waals surface area contributed by atoms with Crippen molar-refractivity contribution in [1.82, 2.24) is 5.32 Å². The van der Waals surface area contributed by atoms with E-state index >= 15 is 0 Å². The Bertz CT molecular complexity index is 430. The van der Waals surface area contributed by atoms with Crippen LogP contribution in [0.4, 0.5) is 0 Å². The molecule has 1 aromatic heterocycles. The Morgan fingerprint density at radius 2 is 2.17 bits per heavy atom. The molecular weight excluding hydrogens is 256 g/mol. The van der Waals surface area contributed by atoms with Crippen LogP contribution in [0.3, 0.4) is 0 Å². The van der Waals surface area contributed by atoms with Gasteiger partial charge < -0.3 is 16.2 Å². The molecule has 7 heteroatoms. The highest BCUT2D eigenvalue weighted by atomic mass is 32.1. The summed E-state index contributed by atoms with van der Waals surface area (Å²) in [6.45, 7) is 0. The fourth-order valence-electron chi connectivity index (χ4n) is 1.37. The van der Waals surface area contributed by atoms with Gasteiger partial charge in [0.15, 0.2) is 0 Å². The van der Waals surface area contributed by atoms with Gasteiger partial charge in [-0.3, -0.25) is 9.59 Å². The van der Waals surface area contributed by atoms with Gasteiger partial charge in [0.1, 0.15) is 6.04 Å². The van der Waals surface area contributed by atoms with Crippen molar-refractivity contribution in [3.63, 3.8) is 0 Å². The summed E-state index contributed by atoms with van der Waals surface area (Å²) in [7, 11) is 0. The van der Waals surface area contributed by atoms with Gasteiger partial charge >= 0.3 is 5.97 Å². The molecule has 0 aliphatic rings. The van der Waals surface area contributed by atoms with Crippen molar-refractivity contribution in [1.29, 1.82) is 0 Å². The first-order chi connectivity index (χ1) is 8.49. The van der Waals surface area contributed by atoms with Crippen LogP contribution in [0.15, 0.2) is 16.8 Å². The van der Waals surface area contributed by atoms with Gasteiger partial charge in [-0.05, 0) is 28.8 Å². The van der Waals surface area contributed by atoms with Crippen LogP contribution in [0, 0.1) is 0 Å². The second-order valence-electron chi connectivity index (χ2n) is 3.77. The number of thiophene rings is 1. The summed E-state index contributed by atoms with van der Waals surface area (Å²) >= 11 is 1.46. The quantitative estimate of drug-likeness (QED) is 0.654. The molecule has 0 aliphatic carbocycles. The SMILES string of the molecule is NC(=O)CC[C@@H](NC(=O)Cc1ccsc1)C(=O)O. The van der Waals surface area contributed by atoms with Crippen molar-refractivity contribution in [3.05, 3.63) is 22.4 Å². The molecule has 4 N–H and O–H groups in total. The van der Waals surface area contributed by atoms with E-state index in [9.17, 15) is 14.4 Å². The lowest BCUT2D eigenvalue weighted by molar-refractivity contribution is -0.142. The molecule has 0 aliphatic heterocycles. The molecule has 0 fully saturated rings. The minimum Gasteiger partial charge on any atom is -0.480 e. The van der Waals surface area contributed by atoms with Crippen LogP contribution < -0.4 is 11.1 Å². The molecule has 1 aromatic rings. The molecule has 1 atom stereocenters. The Hall–Kier alpha value is -1.89. The smallest absolute Gasteiger partial charge is 0.326 e. The fraction of sp³-hybridized carbons (Fsp3) is 0.364. The van der Waals surface area contributed by atoms with Crippen molar-refractivity contribution in [2.75, 3.05) is 0 Å². The number of nitrogens with two attached hydrogens (primary N) is 1. The zero-order chi connectivity index (χ0) is 13.5. The van der Waals surface area contributed by atoms with Crippen LogP contribution in [-0.2, 0) is 20.8 Å². The maximum Gasteiger partial charge on any atom is 0.326 e. The third kappa shape index (κ3) is 4.96. The van der Waals surface area contributed by atoms with Crippen LogP contribution >= 0.6 is 11.3 Å². The number of carboxylic acid groups (broad SMARTS) is 1. The summed E-state index contributed by atoms with van der Waals surface area (Å²) in [6.07, 6.45) is 0.0552. The number of hydrogen-bond donors (Lipinski definition) is 3. The van der Waals surface area contributed by atoms with E-state index in [0.29, 0.717) is 0 Å². The van der Waals surface area contributed by atoms with Crippen LogP contribution in [0.2, 0.25) is 0 Å². The predicted molar refractivity (Wildman–Crippen MR) is 66.0 cm³/mol. The summed E-state index contributed by atoms with van der Waals surface area (Å²) in [5.41, 5.74) is 5.77. The predicted octanol–water partition coefficient (Wildman–Crippen LogP) is 0.125. The van der Waals surface area contributed by atoms with Crippen molar-refractivity contribution >= 4 is 29.1 Å². The number of carbonyl (C=O) groups is 3. The molecule has 18 heavy (non-hydrogen) atoms. The van der Waals surface area contributed by atoms with Crippen LogP contribution in [0.25, 0.3) is 0 Å². The first kappa shape index (κ1) is 14.2. The van der Waals surface area contributed by atoms with Gasteiger partial charge in [-0.25, -0.2) is 4.79 Å². The largest absolute Gasteiger partial charge is 0.480 e. The Morgan fingerprint density at radius 1 is 1.44 bits per heavy atom. The summed E-state index contributed by atoms with van der Waals surface area (Å²) in [4.78, 5) is 33.1. The van der Waals surface area contributed by atoms with E-state index in [0.717, 1.165) is 5.56 Å². The van der Waals surface area contributed by atoms with E-state index in [1.807, 2.05) is 10.8 Å². The van der Waals surface area contributed by atoms with Crippen LogP contribution in [0.5, 0.6) is 0 Å². The zero-order valence-electron chi connectivity index (χ0n) is 9.59. The van der Waals surface area contributed by atoms with Gasteiger partial charge in [-0.1, -0.05) is 0 Å². The van der Waals surface area contributed by atoms with Crippen LogP contribution in [-0.4, -0.2) is 28.9 Å². The molecule has 0 saturated heterocycles. The number of aliphatic carboxylic acids is 1. The lowest BCUT2D eigenvalue weighted by Gasteiger charge is -2.13. The average Bonchev–Trinajstić information content (AvgIpc) is 2.76. The molecule has 98 valence electrons. The number of amides is 2. The fourth-order valence-corrected chi connectivity index (χ4v) is 2.04. The van der Waals surface area contributed by atoms with Gasteiger partial charge in [0.05, 0.1) is 6.42 Å². The summed E-state index contributed by atoms with van der Waals surface area (Å²) < 4.78 is 0. The second-order valence-corrected chi connectivity index (χ2v) is 4.55. The lowest BCUT2D eigenvalue weighted by Crippen LogP contribution is -2.42. The minimum absolute atomic E-state index is 0.0000432. The number of carboxylic acids is 1. The summed E-state index contributed by atoms with van der Waals surface area (Å²) in [5, 5.41) is 14.9. The highest BCUT2D eigenvalue weighted by molar-refractivity contribution is 7.07. The van der Waals surface area contributed by atoms with Crippen molar-refractivity contribution in [3.8, 4) is 0 Å². The van der Waals surface area contributed by atoms with Crippen molar-refractivity contribution < 1.29 is 19.5 Å².